The lowest BCUT2D eigenvalue weighted by Crippen LogP contribution is -2.33. The van der Waals surface area contributed by atoms with Gasteiger partial charge in [0.05, 0.1) is 28.8 Å². The first-order valence-electron chi connectivity index (χ1n) is 13.6. The Bertz CT molecular complexity index is 1850. The number of hydrogen-bond donors (Lipinski definition) is 2. The standard InChI is InChI=1S/C31H24BrN3O7S2/c1-2-42-30(40)16-6-10-20(11-7-16)35-27(38)24-23(17-4-3-5-18(32)14-17)26-29(43-25(24)28(35)39)34(31(41)44-26)15-22(37)33-19-8-12-21(36)13-9-19/h3-14,23-25,36H,2,15H2,1H3,(H,33,37)/t23-,24-,25+/m0/s1. The van der Waals surface area contributed by atoms with Crippen LogP contribution in [0.5, 0.6) is 5.75 Å². The van der Waals surface area contributed by atoms with Crippen LogP contribution in [-0.4, -0.2) is 45.2 Å². The number of thiazole rings is 1. The molecule has 0 radical (unpaired) electrons. The second-order valence-electron chi connectivity index (χ2n) is 10.1. The molecule has 3 aromatic carbocycles. The first kappa shape index (κ1) is 29.9. The van der Waals surface area contributed by atoms with Crippen LogP contribution in [0, 0.1) is 5.92 Å². The lowest BCUT2D eigenvalue weighted by atomic mass is 9.83. The molecule has 224 valence electrons. The predicted molar refractivity (Wildman–Crippen MR) is 169 cm³/mol. The van der Waals surface area contributed by atoms with Crippen LogP contribution in [0.4, 0.5) is 11.4 Å². The molecule has 1 fully saturated rings. The first-order valence-corrected chi connectivity index (χ1v) is 16.0. The zero-order valence-corrected chi connectivity index (χ0v) is 26.3. The van der Waals surface area contributed by atoms with Crippen molar-refractivity contribution < 1.29 is 29.0 Å². The number of nitrogens with zero attached hydrogens (tertiary/aromatic N) is 2. The third-order valence-electron chi connectivity index (χ3n) is 7.35. The lowest BCUT2D eigenvalue weighted by Gasteiger charge is -2.30. The van der Waals surface area contributed by atoms with Gasteiger partial charge in [-0.15, -0.1) is 0 Å². The molecule has 1 aromatic heterocycles. The molecule has 0 aliphatic carbocycles. The highest BCUT2D eigenvalue weighted by molar-refractivity contribution is 9.10. The summed E-state index contributed by atoms with van der Waals surface area (Å²) in [6.07, 6.45) is 0. The molecule has 1 saturated heterocycles. The minimum atomic E-state index is -0.857. The molecule has 13 heteroatoms. The molecule has 2 aliphatic heterocycles. The fourth-order valence-electron chi connectivity index (χ4n) is 5.42. The monoisotopic (exact) mass is 693 g/mol. The molecule has 4 aromatic rings. The van der Waals surface area contributed by atoms with E-state index in [1.807, 2.05) is 24.3 Å². The summed E-state index contributed by atoms with van der Waals surface area (Å²) in [5.41, 5.74) is 1.82. The van der Waals surface area contributed by atoms with E-state index in [-0.39, 0.29) is 23.8 Å². The maximum absolute atomic E-state index is 14.1. The molecule has 6 rings (SSSR count). The number of thioether (sulfide) groups is 1. The average molecular weight is 695 g/mol. The first-order chi connectivity index (χ1) is 21.2. The number of fused-ring (bicyclic) bond motifs is 2. The number of benzene rings is 3. The van der Waals surface area contributed by atoms with E-state index in [0.717, 1.165) is 38.0 Å². The Morgan fingerprint density at radius 2 is 1.73 bits per heavy atom. The maximum Gasteiger partial charge on any atom is 0.338 e. The normalized spacial score (nSPS) is 19.0. The van der Waals surface area contributed by atoms with Gasteiger partial charge in [-0.2, -0.15) is 0 Å². The molecule has 0 bridgehead atoms. The van der Waals surface area contributed by atoms with E-state index >= 15 is 0 Å². The van der Waals surface area contributed by atoms with Gasteiger partial charge in [0.25, 0.3) is 0 Å². The van der Waals surface area contributed by atoms with Gasteiger partial charge < -0.3 is 15.2 Å². The fourth-order valence-corrected chi connectivity index (χ4v) is 8.61. The number of imide groups is 1. The van der Waals surface area contributed by atoms with Crippen LogP contribution in [0.15, 0.2) is 87.1 Å². The number of ether oxygens (including phenoxy) is 1. The number of carbonyl (C=O) groups excluding carboxylic acids is 4. The summed E-state index contributed by atoms with van der Waals surface area (Å²) in [5, 5.41) is 11.9. The topological polar surface area (TPSA) is 135 Å². The zero-order valence-electron chi connectivity index (χ0n) is 23.1. The summed E-state index contributed by atoms with van der Waals surface area (Å²) in [7, 11) is 0. The molecule has 2 N–H and O–H groups in total. The van der Waals surface area contributed by atoms with Crippen molar-refractivity contribution in [2.24, 2.45) is 5.92 Å². The highest BCUT2D eigenvalue weighted by atomic mass is 79.9. The van der Waals surface area contributed by atoms with Crippen molar-refractivity contribution in [2.45, 2.75) is 29.7 Å². The molecule has 0 unspecified atom stereocenters. The van der Waals surface area contributed by atoms with Crippen molar-refractivity contribution in [1.29, 1.82) is 0 Å². The van der Waals surface area contributed by atoms with Gasteiger partial charge in [-0.1, -0.05) is 51.2 Å². The number of rotatable bonds is 7. The maximum atomic E-state index is 14.1. The van der Waals surface area contributed by atoms with Crippen molar-refractivity contribution >= 4 is 74.1 Å². The third-order valence-corrected chi connectivity index (χ3v) is 10.4. The molecular formula is C31H24BrN3O7S2. The second kappa shape index (κ2) is 12.1. The van der Waals surface area contributed by atoms with Crippen LogP contribution in [0.2, 0.25) is 0 Å². The van der Waals surface area contributed by atoms with Crippen molar-refractivity contribution in [1.82, 2.24) is 4.57 Å². The summed E-state index contributed by atoms with van der Waals surface area (Å²) >= 11 is 5.57. The molecule has 0 spiro atoms. The number of halogens is 1. The minimum Gasteiger partial charge on any atom is -0.508 e. The Balaban J connectivity index is 1.37. The summed E-state index contributed by atoms with van der Waals surface area (Å²) in [6.45, 7) is 1.62. The average Bonchev–Trinajstić information content (AvgIpc) is 3.44. The number of phenolic OH excluding ortho intramolecular Hbond substituents is 1. The van der Waals surface area contributed by atoms with Gasteiger partial charge in [-0.3, -0.25) is 23.7 Å². The van der Waals surface area contributed by atoms with E-state index in [0.29, 0.717) is 26.8 Å². The Hall–Kier alpha value is -4.20. The molecule has 44 heavy (non-hydrogen) atoms. The molecule has 3 atom stereocenters. The summed E-state index contributed by atoms with van der Waals surface area (Å²) in [5.74, 6) is -3.20. The van der Waals surface area contributed by atoms with E-state index in [2.05, 4.69) is 21.2 Å². The number of anilines is 2. The summed E-state index contributed by atoms with van der Waals surface area (Å²) in [4.78, 5) is 67.8. The van der Waals surface area contributed by atoms with Gasteiger partial charge >= 0.3 is 10.8 Å². The van der Waals surface area contributed by atoms with Gasteiger partial charge in [0.1, 0.15) is 17.5 Å². The van der Waals surface area contributed by atoms with Crippen molar-refractivity contribution in [3.8, 4) is 5.75 Å². The van der Waals surface area contributed by atoms with Crippen molar-refractivity contribution in [2.75, 3.05) is 16.8 Å². The van der Waals surface area contributed by atoms with E-state index in [1.165, 1.54) is 41.0 Å². The van der Waals surface area contributed by atoms with Gasteiger partial charge in [0.15, 0.2) is 0 Å². The van der Waals surface area contributed by atoms with E-state index < -0.39 is 40.8 Å². The number of amides is 3. The van der Waals surface area contributed by atoms with Gasteiger partial charge in [0.2, 0.25) is 17.7 Å². The number of aromatic hydroxyl groups is 1. The predicted octanol–water partition coefficient (Wildman–Crippen LogP) is 4.99. The van der Waals surface area contributed by atoms with Crippen LogP contribution < -0.4 is 15.1 Å². The molecule has 10 nitrogen and oxygen atoms in total. The van der Waals surface area contributed by atoms with Gasteiger partial charge in [-0.05, 0) is 73.2 Å². The number of hydrogen-bond acceptors (Lipinski definition) is 9. The number of aromatic nitrogens is 1. The summed E-state index contributed by atoms with van der Waals surface area (Å²) < 4.78 is 7.16. The zero-order chi connectivity index (χ0) is 31.1. The number of esters is 1. The number of carbonyl (C=O) groups is 4. The Morgan fingerprint density at radius 1 is 1.00 bits per heavy atom. The quantitative estimate of drug-likeness (QED) is 0.157. The summed E-state index contributed by atoms with van der Waals surface area (Å²) in [6, 6.07) is 19.4. The number of nitrogens with one attached hydrogen (secondary N) is 1. The number of phenols is 1. The largest absolute Gasteiger partial charge is 0.508 e. The fraction of sp³-hybridized carbons (Fsp3) is 0.194. The lowest BCUT2D eigenvalue weighted by molar-refractivity contribution is -0.122. The molecular weight excluding hydrogens is 670 g/mol. The SMILES string of the molecule is CCOC(=O)c1ccc(N2C(=O)[C@H]3[C@H](c4cccc(Br)c4)c4sc(=O)n(CC(=O)Nc5ccc(O)cc5)c4S[C@H]3C2=O)cc1. The van der Waals surface area contributed by atoms with E-state index in [1.54, 1.807) is 19.1 Å². The van der Waals surface area contributed by atoms with E-state index in [9.17, 15) is 29.1 Å². The van der Waals surface area contributed by atoms with Gasteiger partial charge in [0, 0.05) is 21.0 Å². The van der Waals surface area contributed by atoms with Crippen LogP contribution in [-0.2, 0) is 25.7 Å². The van der Waals surface area contributed by atoms with Crippen LogP contribution in [0.3, 0.4) is 0 Å². The highest BCUT2D eigenvalue weighted by Gasteiger charge is 2.56. The Labute approximate surface area is 267 Å². The van der Waals surface area contributed by atoms with Crippen molar-refractivity contribution in [3.05, 3.63) is 103 Å². The molecule has 3 heterocycles. The Kier molecular flexibility index (Phi) is 8.18. The molecule has 3 amide bonds. The smallest absolute Gasteiger partial charge is 0.338 e. The molecule has 2 aliphatic rings. The molecule has 0 saturated carbocycles. The minimum absolute atomic E-state index is 0.0513. The van der Waals surface area contributed by atoms with Gasteiger partial charge in [-0.25, -0.2) is 9.69 Å². The Morgan fingerprint density at radius 3 is 2.41 bits per heavy atom. The van der Waals surface area contributed by atoms with E-state index in [4.69, 9.17) is 4.74 Å². The van der Waals surface area contributed by atoms with Crippen LogP contribution >= 0.6 is 39.0 Å². The van der Waals surface area contributed by atoms with Crippen molar-refractivity contribution in [3.63, 3.8) is 0 Å². The third kappa shape index (κ3) is 5.46. The second-order valence-corrected chi connectivity index (χ2v) is 13.1. The van der Waals surface area contributed by atoms with Crippen LogP contribution in [0.1, 0.15) is 33.6 Å². The van der Waals surface area contributed by atoms with Crippen LogP contribution in [0.25, 0.3) is 0 Å². The highest BCUT2D eigenvalue weighted by Crippen LogP contribution is 2.54.